The van der Waals surface area contributed by atoms with Crippen molar-refractivity contribution < 1.29 is 47.7 Å². The number of carbonyl (C=O) groups excluding carboxylic acids is 5. The van der Waals surface area contributed by atoms with Gasteiger partial charge < -0.3 is 23.7 Å². The molecule has 240 valence electrons. The van der Waals surface area contributed by atoms with E-state index in [1.807, 2.05) is 13.8 Å². The molecule has 0 aliphatic carbocycles. The Labute approximate surface area is 254 Å². The quantitative estimate of drug-likeness (QED) is 0.211. The number of hydrogen-bond acceptors (Lipinski definition) is 10. The molecule has 2 fully saturated rings. The minimum atomic E-state index is -1.42. The Morgan fingerprint density at radius 1 is 0.833 bits per heavy atom. The Kier molecular flexibility index (Phi) is 11.1. The van der Waals surface area contributed by atoms with Crippen LogP contribution in [0.2, 0.25) is 0 Å². The van der Waals surface area contributed by atoms with Crippen molar-refractivity contribution in [2.45, 2.75) is 126 Å². The van der Waals surface area contributed by atoms with E-state index in [0.717, 1.165) is 4.90 Å². The zero-order valence-corrected chi connectivity index (χ0v) is 27.7. The van der Waals surface area contributed by atoms with Gasteiger partial charge in [0.2, 0.25) is 6.29 Å². The number of imide groups is 1. The number of alkyl halides is 1. The lowest BCUT2D eigenvalue weighted by Crippen LogP contribution is -2.65. The molecule has 2 aliphatic rings. The Morgan fingerprint density at radius 2 is 1.31 bits per heavy atom. The minimum Gasteiger partial charge on any atom is -0.462 e. The maximum Gasteiger partial charge on any atom is 0.419 e. The molecule has 12 heteroatoms. The highest BCUT2D eigenvalue weighted by Crippen LogP contribution is 2.38. The average Bonchev–Trinajstić information content (AvgIpc) is 3.15. The molecule has 0 N–H and O–H groups in total. The third-order valence-corrected chi connectivity index (χ3v) is 7.46. The summed E-state index contributed by atoms with van der Waals surface area (Å²) in [6.45, 7) is 20.2. The maximum atomic E-state index is 13.7. The Bertz CT molecular complexity index is 1040. The number of nitrogens with zero attached hydrogens (tertiary/aromatic N) is 1. The van der Waals surface area contributed by atoms with Gasteiger partial charge in [0.15, 0.2) is 12.2 Å². The van der Waals surface area contributed by atoms with Crippen molar-refractivity contribution in [3.8, 4) is 0 Å². The first-order valence-corrected chi connectivity index (χ1v) is 14.8. The van der Waals surface area contributed by atoms with Crippen LogP contribution in [0.1, 0.15) is 89.5 Å². The molecule has 2 aliphatic heterocycles. The summed E-state index contributed by atoms with van der Waals surface area (Å²) in [7, 11) is 0. The van der Waals surface area contributed by atoms with E-state index in [2.05, 4.69) is 0 Å². The van der Waals surface area contributed by atoms with Crippen molar-refractivity contribution in [1.82, 2.24) is 4.90 Å². The van der Waals surface area contributed by atoms with Gasteiger partial charge in [-0.05, 0) is 80.6 Å². The van der Waals surface area contributed by atoms with Gasteiger partial charge in [-0.15, -0.1) is 11.6 Å². The molecule has 0 aromatic heterocycles. The number of rotatable bonds is 8. The lowest BCUT2D eigenvalue weighted by Gasteiger charge is -2.44. The molecule has 2 heterocycles. The molecule has 2 saturated heterocycles. The smallest absolute Gasteiger partial charge is 0.419 e. The van der Waals surface area contributed by atoms with Crippen molar-refractivity contribution in [3.05, 3.63) is 0 Å². The van der Waals surface area contributed by atoms with Crippen LogP contribution in [0.5, 0.6) is 0 Å². The van der Waals surface area contributed by atoms with Gasteiger partial charge in [-0.25, -0.2) is 9.69 Å². The van der Waals surface area contributed by atoms with E-state index < -0.39 is 88.8 Å². The number of esters is 3. The Morgan fingerprint density at radius 3 is 1.76 bits per heavy atom. The second kappa shape index (κ2) is 13.1. The van der Waals surface area contributed by atoms with Crippen LogP contribution in [0.25, 0.3) is 0 Å². The van der Waals surface area contributed by atoms with Gasteiger partial charge in [-0.1, -0.05) is 20.8 Å². The van der Waals surface area contributed by atoms with Crippen LogP contribution < -0.4 is 0 Å². The number of carbonyl (C=O) groups is 5. The van der Waals surface area contributed by atoms with E-state index in [-0.39, 0.29) is 11.8 Å². The molecule has 0 aromatic carbocycles. The predicted molar refractivity (Wildman–Crippen MR) is 153 cm³/mol. The van der Waals surface area contributed by atoms with Crippen molar-refractivity contribution in [3.63, 3.8) is 0 Å². The number of ether oxygens (including phenoxy) is 5. The summed E-state index contributed by atoms with van der Waals surface area (Å²) in [6.07, 6.45) is -5.82. The molecule has 2 amide bonds. The number of amides is 2. The lowest BCUT2D eigenvalue weighted by molar-refractivity contribution is -0.259. The first-order valence-electron chi connectivity index (χ1n) is 14.4. The van der Waals surface area contributed by atoms with Crippen molar-refractivity contribution in [2.24, 2.45) is 28.1 Å². The lowest BCUT2D eigenvalue weighted by atomic mass is 9.91. The van der Waals surface area contributed by atoms with Crippen LogP contribution in [-0.2, 0) is 42.9 Å². The molecular weight excluding hydrogens is 570 g/mol. The fourth-order valence-corrected chi connectivity index (χ4v) is 4.61. The number of halogens is 1. The first-order chi connectivity index (χ1) is 19.0. The first kappa shape index (κ1) is 35.8. The molecule has 0 unspecified atom stereocenters. The molecule has 0 saturated carbocycles. The highest BCUT2D eigenvalue weighted by Gasteiger charge is 2.62. The minimum absolute atomic E-state index is 0.239. The van der Waals surface area contributed by atoms with Crippen LogP contribution in [0.4, 0.5) is 4.79 Å². The van der Waals surface area contributed by atoms with Crippen LogP contribution in [0.15, 0.2) is 0 Å². The molecule has 0 bridgehead atoms. The molecule has 42 heavy (non-hydrogen) atoms. The van der Waals surface area contributed by atoms with E-state index in [9.17, 15) is 24.0 Å². The number of hydrogen-bond donors (Lipinski definition) is 0. The van der Waals surface area contributed by atoms with Gasteiger partial charge in [0, 0.05) is 0 Å². The average molecular weight is 618 g/mol. The molecule has 0 radical (unpaired) electrons. The molecule has 0 aromatic rings. The fourth-order valence-electron chi connectivity index (χ4n) is 4.40. The van der Waals surface area contributed by atoms with Gasteiger partial charge in [-0.3, -0.25) is 19.2 Å². The number of fused-ring (bicyclic) bond motifs is 1. The van der Waals surface area contributed by atoms with Gasteiger partial charge in [0.25, 0.3) is 5.91 Å². The van der Waals surface area contributed by atoms with Crippen LogP contribution in [0, 0.1) is 28.1 Å². The maximum absolute atomic E-state index is 13.7. The standard InChI is InChI=1S/C30H48ClNO10/c1-15(2)13-16(3)18(31)22(33)32-19-21(41-26(36)30(10,11)12)20(40-25(35)29(7,8)9)17(39-23(19)42-27(32)37)14-38-24(34)28(4,5)6/h15-21,23H,13-14H2,1-12H3/t16-,17-,18-,19-,20-,21-,23-/m1/s1. The van der Waals surface area contributed by atoms with Gasteiger partial charge in [0.05, 0.1) is 16.2 Å². The van der Waals surface area contributed by atoms with Gasteiger partial charge in [-0.2, -0.15) is 0 Å². The summed E-state index contributed by atoms with van der Waals surface area (Å²) in [5.74, 6) is -2.71. The van der Waals surface area contributed by atoms with E-state index in [4.69, 9.17) is 35.3 Å². The summed E-state index contributed by atoms with van der Waals surface area (Å²) in [6, 6.07) is -1.32. The van der Waals surface area contributed by atoms with Crippen LogP contribution in [-0.4, -0.2) is 77.4 Å². The third-order valence-electron chi connectivity index (χ3n) is 6.84. The monoisotopic (exact) mass is 617 g/mol. The topological polar surface area (TPSA) is 135 Å². The van der Waals surface area contributed by atoms with Gasteiger partial charge >= 0.3 is 24.0 Å². The van der Waals surface area contributed by atoms with E-state index in [1.54, 1.807) is 69.2 Å². The largest absolute Gasteiger partial charge is 0.462 e. The predicted octanol–water partition coefficient (Wildman–Crippen LogP) is 4.85. The summed E-state index contributed by atoms with van der Waals surface area (Å²) in [4.78, 5) is 66.6. The Balaban J connectivity index is 2.60. The summed E-state index contributed by atoms with van der Waals surface area (Å²) in [5.41, 5.74) is -2.83. The molecule has 11 nitrogen and oxygen atoms in total. The third kappa shape index (κ3) is 8.58. The van der Waals surface area contributed by atoms with Crippen molar-refractivity contribution in [1.29, 1.82) is 0 Å². The van der Waals surface area contributed by atoms with E-state index in [1.165, 1.54) is 0 Å². The molecule has 0 spiro atoms. The molecule has 2 rings (SSSR count). The normalized spacial score (nSPS) is 26.2. The molecular formula is C30H48ClNO10. The van der Waals surface area contributed by atoms with Crippen molar-refractivity contribution in [2.75, 3.05) is 6.61 Å². The van der Waals surface area contributed by atoms with E-state index in [0.29, 0.717) is 6.42 Å². The fraction of sp³-hybridized carbons (Fsp3) is 0.833. The highest BCUT2D eigenvalue weighted by molar-refractivity contribution is 6.32. The summed E-state index contributed by atoms with van der Waals surface area (Å²) in [5, 5.41) is -1.10. The SMILES string of the molecule is CC(C)C[C@@H](C)[C@@H](Cl)C(=O)N1C(=O)O[C@H]2O[C@H](COC(=O)C(C)(C)C)[C@@H](OC(=O)C(C)(C)C)[C@H](OC(=O)C(C)(C)C)[C@H]21. The zero-order valence-electron chi connectivity index (χ0n) is 26.9. The summed E-state index contributed by atoms with van der Waals surface area (Å²) >= 11 is 6.57. The Hall–Kier alpha value is -2.40. The summed E-state index contributed by atoms with van der Waals surface area (Å²) < 4.78 is 28.8. The van der Waals surface area contributed by atoms with E-state index >= 15 is 0 Å². The second-order valence-electron chi connectivity index (χ2n) is 14.7. The van der Waals surface area contributed by atoms with Crippen LogP contribution in [0.3, 0.4) is 0 Å². The zero-order chi connectivity index (χ0) is 32.5. The molecule has 7 atom stereocenters. The highest BCUT2D eigenvalue weighted by atomic mass is 35.5. The van der Waals surface area contributed by atoms with Crippen molar-refractivity contribution >= 4 is 41.5 Å². The van der Waals surface area contributed by atoms with Gasteiger partial charge in [0.1, 0.15) is 24.1 Å². The second-order valence-corrected chi connectivity index (χ2v) is 15.2. The van der Waals surface area contributed by atoms with Crippen LogP contribution >= 0.6 is 11.6 Å².